The summed E-state index contributed by atoms with van der Waals surface area (Å²) < 4.78 is 16.0. The lowest BCUT2D eigenvalue weighted by Crippen LogP contribution is -2.57. The first kappa shape index (κ1) is 15.9. The molecule has 1 aliphatic carbocycles. The quantitative estimate of drug-likeness (QED) is 0.340. The summed E-state index contributed by atoms with van der Waals surface area (Å²) in [6.07, 6.45) is 7.48. The topological polar surface area (TPSA) is 87.9 Å². The summed E-state index contributed by atoms with van der Waals surface area (Å²) >= 11 is 0. The van der Waals surface area contributed by atoms with Crippen LogP contribution < -0.4 is 0 Å². The summed E-state index contributed by atoms with van der Waals surface area (Å²) in [4.78, 5) is 22.0. The van der Waals surface area contributed by atoms with E-state index in [4.69, 9.17) is 9.47 Å². The van der Waals surface area contributed by atoms with Gasteiger partial charge in [-0.15, -0.1) is 0 Å². The molecule has 2 fully saturated rings. The molecule has 0 aromatic heterocycles. The third-order valence-electron chi connectivity index (χ3n) is 4.16. The van der Waals surface area contributed by atoms with Gasteiger partial charge < -0.3 is 14.2 Å². The Morgan fingerprint density at radius 2 is 1.90 bits per heavy atom. The first-order valence-corrected chi connectivity index (χ1v) is 7.19. The predicted molar refractivity (Wildman–Crippen MR) is 73.2 cm³/mol. The van der Waals surface area contributed by atoms with Crippen LogP contribution in [0, 0.1) is 10.1 Å². The Hall–Kier alpha value is -1.47. The number of rotatable bonds is 4. The summed E-state index contributed by atoms with van der Waals surface area (Å²) in [6, 6.07) is 0. The molecular formula is C14H21NO6. The van der Waals surface area contributed by atoms with Crippen LogP contribution in [0.15, 0.2) is 12.2 Å². The number of nitrogens with zero attached hydrogens (tertiary/aromatic N) is 1. The molecule has 21 heavy (non-hydrogen) atoms. The second kappa shape index (κ2) is 6.53. The molecule has 0 amide bonds. The Balaban J connectivity index is 1.99. The van der Waals surface area contributed by atoms with Gasteiger partial charge in [0, 0.05) is 30.3 Å². The molecule has 7 nitrogen and oxygen atoms in total. The van der Waals surface area contributed by atoms with E-state index < -0.39 is 17.3 Å². The van der Waals surface area contributed by atoms with Crippen LogP contribution in [0.2, 0.25) is 0 Å². The number of carbonyl (C=O) groups excluding carboxylic acids is 1. The number of ether oxygens (including phenoxy) is 3. The lowest BCUT2D eigenvalue weighted by Gasteiger charge is -2.43. The van der Waals surface area contributed by atoms with Crippen molar-refractivity contribution in [2.75, 3.05) is 20.3 Å². The predicted octanol–water partition coefficient (Wildman–Crippen LogP) is 1.83. The van der Waals surface area contributed by atoms with Crippen molar-refractivity contribution in [3.05, 3.63) is 22.3 Å². The molecule has 1 heterocycles. The Labute approximate surface area is 123 Å². The Bertz CT molecular complexity index is 417. The summed E-state index contributed by atoms with van der Waals surface area (Å²) in [7, 11) is 1.26. The highest BCUT2D eigenvalue weighted by Gasteiger charge is 2.52. The number of hydrogen-bond donors (Lipinski definition) is 0. The Kier molecular flexibility index (Phi) is 4.95. The largest absolute Gasteiger partial charge is 0.466 e. The zero-order chi connectivity index (χ0) is 15.3. The molecule has 0 bridgehead atoms. The van der Waals surface area contributed by atoms with Crippen LogP contribution in [-0.2, 0) is 19.0 Å². The van der Waals surface area contributed by atoms with Gasteiger partial charge in [0.1, 0.15) is 13.2 Å². The van der Waals surface area contributed by atoms with Crippen LogP contribution in [0.1, 0.15) is 38.5 Å². The number of esters is 1. The van der Waals surface area contributed by atoms with Gasteiger partial charge in [-0.1, -0.05) is 12.5 Å². The number of methoxy groups -OCH3 is 1. The van der Waals surface area contributed by atoms with Crippen LogP contribution >= 0.6 is 0 Å². The fraction of sp³-hybridized carbons (Fsp3) is 0.786. The van der Waals surface area contributed by atoms with Gasteiger partial charge in [0.25, 0.3) is 5.54 Å². The monoisotopic (exact) mass is 299 g/mol. The maximum Gasteiger partial charge on any atom is 0.330 e. The molecule has 0 atom stereocenters. The van der Waals surface area contributed by atoms with Gasteiger partial charge in [-0.2, -0.15) is 0 Å². The van der Waals surface area contributed by atoms with Gasteiger partial charge in [-0.25, -0.2) is 4.79 Å². The van der Waals surface area contributed by atoms with Crippen molar-refractivity contribution in [2.45, 2.75) is 49.9 Å². The van der Waals surface area contributed by atoms with E-state index in [-0.39, 0.29) is 24.6 Å². The minimum absolute atomic E-state index is 0.00547. The fourth-order valence-corrected chi connectivity index (χ4v) is 2.73. The van der Waals surface area contributed by atoms with Crippen molar-refractivity contribution in [2.24, 2.45) is 0 Å². The first-order valence-electron chi connectivity index (χ1n) is 7.19. The van der Waals surface area contributed by atoms with Crippen molar-refractivity contribution < 1.29 is 23.9 Å². The van der Waals surface area contributed by atoms with E-state index in [2.05, 4.69) is 4.74 Å². The maximum absolute atomic E-state index is 11.4. The highest BCUT2D eigenvalue weighted by molar-refractivity contribution is 5.81. The minimum Gasteiger partial charge on any atom is -0.466 e. The lowest BCUT2D eigenvalue weighted by atomic mass is 9.90. The van der Waals surface area contributed by atoms with Crippen LogP contribution in [-0.4, -0.2) is 42.5 Å². The second-order valence-electron chi connectivity index (χ2n) is 5.66. The van der Waals surface area contributed by atoms with E-state index in [1.165, 1.54) is 19.3 Å². The van der Waals surface area contributed by atoms with Gasteiger partial charge in [-0.05, 0) is 12.8 Å². The van der Waals surface area contributed by atoms with E-state index >= 15 is 0 Å². The highest BCUT2D eigenvalue weighted by Crippen LogP contribution is 2.38. The Morgan fingerprint density at radius 3 is 2.43 bits per heavy atom. The van der Waals surface area contributed by atoms with E-state index in [1.807, 2.05) is 0 Å². The van der Waals surface area contributed by atoms with Gasteiger partial charge in [0.15, 0.2) is 5.79 Å². The van der Waals surface area contributed by atoms with Gasteiger partial charge in [-0.3, -0.25) is 10.1 Å². The second-order valence-corrected chi connectivity index (χ2v) is 5.66. The van der Waals surface area contributed by atoms with Crippen molar-refractivity contribution >= 4 is 5.97 Å². The molecule has 1 saturated heterocycles. The van der Waals surface area contributed by atoms with Gasteiger partial charge >= 0.3 is 5.97 Å². The molecule has 1 saturated carbocycles. The zero-order valence-corrected chi connectivity index (χ0v) is 12.2. The molecular weight excluding hydrogens is 278 g/mol. The van der Waals surface area contributed by atoms with Crippen molar-refractivity contribution in [1.29, 1.82) is 0 Å². The molecule has 0 unspecified atom stereocenters. The zero-order valence-electron chi connectivity index (χ0n) is 12.2. The van der Waals surface area contributed by atoms with Crippen LogP contribution in [0.5, 0.6) is 0 Å². The normalized spacial score (nSPS) is 24.0. The highest BCUT2D eigenvalue weighted by atomic mass is 16.7. The van der Waals surface area contributed by atoms with E-state index in [9.17, 15) is 14.9 Å². The smallest absolute Gasteiger partial charge is 0.330 e. The molecule has 1 spiro atoms. The van der Waals surface area contributed by atoms with E-state index in [0.717, 1.165) is 32.1 Å². The molecule has 7 heteroatoms. The number of nitro groups is 1. The molecule has 2 rings (SSSR count). The van der Waals surface area contributed by atoms with E-state index in [0.29, 0.717) is 0 Å². The number of carbonyl (C=O) groups is 1. The first-order chi connectivity index (χ1) is 10.0. The minimum atomic E-state index is -1.33. The van der Waals surface area contributed by atoms with Crippen molar-refractivity contribution in [3.63, 3.8) is 0 Å². The molecule has 0 aromatic rings. The van der Waals surface area contributed by atoms with Crippen molar-refractivity contribution in [1.82, 2.24) is 0 Å². The van der Waals surface area contributed by atoms with E-state index in [1.54, 1.807) is 0 Å². The van der Waals surface area contributed by atoms with Crippen LogP contribution in [0.4, 0.5) is 0 Å². The van der Waals surface area contributed by atoms with Gasteiger partial charge in [0.2, 0.25) is 0 Å². The van der Waals surface area contributed by atoms with Crippen molar-refractivity contribution in [3.8, 4) is 0 Å². The SMILES string of the molecule is COC(=O)/C=C/CC1([N+](=O)[O-])COC2(CCCCC2)OC1. The number of hydrogen-bond acceptors (Lipinski definition) is 6. The third kappa shape index (κ3) is 3.59. The van der Waals surface area contributed by atoms with Crippen LogP contribution in [0.25, 0.3) is 0 Å². The summed E-state index contributed by atoms with van der Waals surface area (Å²) in [5, 5.41) is 11.4. The molecule has 2 aliphatic rings. The molecule has 118 valence electrons. The molecule has 1 aliphatic heterocycles. The third-order valence-corrected chi connectivity index (χ3v) is 4.16. The van der Waals surface area contributed by atoms with Crippen LogP contribution in [0.3, 0.4) is 0 Å². The average molecular weight is 299 g/mol. The maximum atomic E-state index is 11.4. The fourth-order valence-electron chi connectivity index (χ4n) is 2.73. The molecule has 0 radical (unpaired) electrons. The van der Waals surface area contributed by atoms with Gasteiger partial charge in [0.05, 0.1) is 7.11 Å². The molecule has 0 N–H and O–H groups in total. The summed E-state index contributed by atoms with van der Waals surface area (Å²) in [5.74, 6) is -1.17. The molecule has 0 aromatic carbocycles. The average Bonchev–Trinajstić information content (AvgIpc) is 2.50. The summed E-state index contributed by atoms with van der Waals surface area (Å²) in [6.45, 7) is 0.0109. The standard InChI is InChI=1S/C14H21NO6/c1-19-12(16)6-5-7-13(15(17)18)10-20-14(21-11-13)8-3-2-4-9-14/h5-6H,2-4,7-11H2,1H3/b6-5+. The Morgan fingerprint density at radius 1 is 1.29 bits per heavy atom. The lowest BCUT2D eigenvalue weighted by molar-refractivity contribution is -0.596. The summed E-state index contributed by atoms with van der Waals surface area (Å²) in [5.41, 5.74) is -1.33.